The smallest absolute Gasteiger partial charge is 0.353 e. The molecule has 0 saturated heterocycles. The third kappa shape index (κ3) is 6.80. The van der Waals surface area contributed by atoms with Crippen LogP contribution in [-0.2, 0) is 28.7 Å². The predicted molar refractivity (Wildman–Crippen MR) is 105 cm³/mol. The lowest BCUT2D eigenvalue weighted by Crippen LogP contribution is -2.47. The van der Waals surface area contributed by atoms with Crippen molar-refractivity contribution >= 4 is 23.6 Å². The Morgan fingerprint density at radius 1 is 1.21 bits per heavy atom. The van der Waals surface area contributed by atoms with E-state index >= 15 is 0 Å². The molecular weight excluding hydrogens is 364 g/mol. The Balaban J connectivity index is 2.70. The monoisotopic (exact) mass is 398 g/mol. The second-order valence-corrected chi connectivity index (χ2v) is 8.29. The number of hydrogen-bond donors (Lipinski definition) is 1. The van der Waals surface area contributed by atoms with Gasteiger partial charge in [0.2, 0.25) is 11.5 Å². The van der Waals surface area contributed by atoms with Crippen LogP contribution in [-0.4, -0.2) is 47.4 Å². The maximum atomic E-state index is 12.3. The Bertz CT molecular complexity index is 608. The summed E-state index contributed by atoms with van der Waals surface area (Å²) in [5.41, 5.74) is -1.13. The number of nitrogens with zero attached hydrogens (tertiary/aromatic N) is 1. The fraction of sp³-hybridized carbons (Fsp3) is 0.800. The molecule has 0 fully saturated rings. The van der Waals surface area contributed by atoms with E-state index in [9.17, 15) is 14.4 Å². The minimum Gasteiger partial charge on any atom is -0.463 e. The van der Waals surface area contributed by atoms with Crippen molar-refractivity contribution in [1.29, 1.82) is 0 Å². The molecule has 0 aromatic rings. The largest absolute Gasteiger partial charge is 0.463 e. The summed E-state index contributed by atoms with van der Waals surface area (Å²) in [5.74, 6) is -1.12. The van der Waals surface area contributed by atoms with E-state index in [1.54, 1.807) is 27.7 Å². The zero-order valence-electron chi connectivity index (χ0n) is 18.1. The summed E-state index contributed by atoms with van der Waals surface area (Å²) in [7, 11) is 0. The summed E-state index contributed by atoms with van der Waals surface area (Å²) in [6.45, 7) is 13.0. The first-order chi connectivity index (χ1) is 12.9. The van der Waals surface area contributed by atoms with Crippen molar-refractivity contribution < 1.29 is 28.7 Å². The highest BCUT2D eigenvalue weighted by Gasteiger charge is 2.48. The average Bonchev–Trinajstić information content (AvgIpc) is 3.02. The number of ether oxygens (including phenoxy) is 2. The maximum absolute atomic E-state index is 12.3. The Morgan fingerprint density at radius 3 is 2.36 bits per heavy atom. The normalized spacial score (nSPS) is 20.2. The van der Waals surface area contributed by atoms with Gasteiger partial charge in [0.1, 0.15) is 5.60 Å². The summed E-state index contributed by atoms with van der Waals surface area (Å²) >= 11 is 0. The molecule has 0 aliphatic carbocycles. The fourth-order valence-electron chi connectivity index (χ4n) is 2.86. The Kier molecular flexibility index (Phi) is 8.45. The van der Waals surface area contributed by atoms with Crippen LogP contribution in [0.25, 0.3) is 0 Å². The second kappa shape index (κ2) is 9.89. The van der Waals surface area contributed by atoms with Gasteiger partial charge >= 0.3 is 11.9 Å². The van der Waals surface area contributed by atoms with Crippen LogP contribution < -0.4 is 5.32 Å². The zero-order chi connectivity index (χ0) is 21.5. The third-order valence-electron chi connectivity index (χ3n) is 4.34. The van der Waals surface area contributed by atoms with Gasteiger partial charge in [0.15, 0.2) is 0 Å². The molecule has 0 radical (unpaired) electrons. The fourth-order valence-corrected chi connectivity index (χ4v) is 2.86. The van der Waals surface area contributed by atoms with Crippen molar-refractivity contribution in [2.45, 2.75) is 91.4 Å². The first-order valence-corrected chi connectivity index (χ1v) is 9.87. The van der Waals surface area contributed by atoms with Gasteiger partial charge in [0.25, 0.3) is 0 Å². The molecule has 160 valence electrons. The number of carbonyl (C=O) groups excluding carboxylic acids is 3. The molecule has 0 spiro atoms. The number of rotatable bonds is 9. The van der Waals surface area contributed by atoms with Crippen LogP contribution in [0.15, 0.2) is 5.16 Å². The van der Waals surface area contributed by atoms with Gasteiger partial charge in [-0.25, -0.2) is 4.79 Å². The van der Waals surface area contributed by atoms with Gasteiger partial charge in [0.05, 0.1) is 24.8 Å². The van der Waals surface area contributed by atoms with E-state index in [2.05, 4.69) is 10.5 Å². The molecular formula is C20H34N2O6. The molecule has 1 aliphatic rings. The molecule has 1 unspecified atom stereocenters. The van der Waals surface area contributed by atoms with E-state index < -0.39 is 29.2 Å². The van der Waals surface area contributed by atoms with Gasteiger partial charge in [0, 0.05) is 12.8 Å². The van der Waals surface area contributed by atoms with Crippen molar-refractivity contribution in [2.24, 2.45) is 11.1 Å². The van der Waals surface area contributed by atoms with Gasteiger partial charge in [-0.15, -0.1) is 0 Å². The Morgan fingerprint density at radius 2 is 1.86 bits per heavy atom. The lowest BCUT2D eigenvalue weighted by molar-refractivity contribution is -0.169. The lowest BCUT2D eigenvalue weighted by atomic mass is 9.88. The van der Waals surface area contributed by atoms with Crippen molar-refractivity contribution in [1.82, 2.24) is 5.32 Å². The van der Waals surface area contributed by atoms with E-state index in [1.165, 1.54) is 0 Å². The molecule has 0 saturated carbocycles. The molecule has 1 aliphatic heterocycles. The van der Waals surface area contributed by atoms with Crippen molar-refractivity contribution in [3.63, 3.8) is 0 Å². The zero-order valence-corrected chi connectivity index (χ0v) is 18.1. The van der Waals surface area contributed by atoms with Crippen molar-refractivity contribution in [3.8, 4) is 0 Å². The van der Waals surface area contributed by atoms with E-state index in [-0.39, 0.29) is 37.7 Å². The topological polar surface area (TPSA) is 103 Å². The highest BCUT2D eigenvalue weighted by Crippen LogP contribution is 2.31. The molecule has 0 aromatic heterocycles. The van der Waals surface area contributed by atoms with E-state index in [4.69, 9.17) is 14.3 Å². The van der Waals surface area contributed by atoms with Crippen LogP contribution in [0.4, 0.5) is 0 Å². The standard InChI is InChI=1S/C20H34N2O6/c1-8-20(18(25)26-9-2)12-14(22-28-20)17(13(3)4)21-15(23)10-11-16(24)27-19(5,6)7/h13,17H,8-12H2,1-7H3,(H,21,23)/t17-,20?/m0/s1. The summed E-state index contributed by atoms with van der Waals surface area (Å²) < 4.78 is 10.3. The van der Waals surface area contributed by atoms with Gasteiger partial charge in [-0.3, -0.25) is 9.59 Å². The highest BCUT2D eigenvalue weighted by molar-refractivity contribution is 5.99. The number of amides is 1. The maximum Gasteiger partial charge on any atom is 0.353 e. The van der Waals surface area contributed by atoms with Crippen LogP contribution in [0.5, 0.6) is 0 Å². The molecule has 1 N–H and O–H groups in total. The van der Waals surface area contributed by atoms with E-state index in [1.807, 2.05) is 20.8 Å². The van der Waals surface area contributed by atoms with Gasteiger partial charge in [-0.05, 0) is 40.0 Å². The molecule has 8 nitrogen and oxygen atoms in total. The van der Waals surface area contributed by atoms with Crippen molar-refractivity contribution in [3.05, 3.63) is 0 Å². The summed E-state index contributed by atoms with van der Waals surface area (Å²) in [6.07, 6.45) is 0.690. The molecule has 0 aromatic carbocycles. The predicted octanol–water partition coefficient (Wildman–Crippen LogP) is 2.74. The minimum absolute atomic E-state index is 0.00137. The van der Waals surface area contributed by atoms with Crippen LogP contribution in [0, 0.1) is 5.92 Å². The van der Waals surface area contributed by atoms with Crippen LogP contribution >= 0.6 is 0 Å². The molecule has 1 heterocycles. The van der Waals surface area contributed by atoms with Crippen LogP contribution in [0.3, 0.4) is 0 Å². The van der Waals surface area contributed by atoms with Crippen LogP contribution in [0.1, 0.15) is 74.1 Å². The first kappa shape index (κ1) is 23.9. The molecule has 28 heavy (non-hydrogen) atoms. The third-order valence-corrected chi connectivity index (χ3v) is 4.34. The molecule has 8 heteroatoms. The van der Waals surface area contributed by atoms with Gasteiger partial charge in [-0.1, -0.05) is 25.9 Å². The number of hydrogen-bond acceptors (Lipinski definition) is 7. The number of oxime groups is 1. The number of esters is 2. The first-order valence-electron chi connectivity index (χ1n) is 9.87. The number of carbonyl (C=O) groups is 3. The summed E-state index contributed by atoms with van der Waals surface area (Å²) in [6, 6.07) is -0.394. The molecule has 1 amide bonds. The van der Waals surface area contributed by atoms with Gasteiger partial charge in [-0.2, -0.15) is 0 Å². The van der Waals surface area contributed by atoms with E-state index in [0.717, 1.165) is 0 Å². The van der Waals surface area contributed by atoms with Gasteiger partial charge < -0.3 is 19.6 Å². The average molecular weight is 399 g/mol. The minimum atomic E-state index is -1.14. The second-order valence-electron chi connectivity index (χ2n) is 8.29. The summed E-state index contributed by atoms with van der Waals surface area (Å²) in [5, 5.41) is 6.99. The SMILES string of the molecule is CCOC(=O)C1(CC)CC([C@@H](NC(=O)CCC(=O)OC(C)(C)C)C(C)C)=NO1. The quantitative estimate of drug-likeness (QED) is 0.599. The molecule has 1 rings (SSSR count). The molecule has 0 bridgehead atoms. The Labute approximate surface area is 167 Å². The van der Waals surface area contributed by atoms with Crippen molar-refractivity contribution in [2.75, 3.05) is 6.61 Å². The van der Waals surface area contributed by atoms with E-state index in [0.29, 0.717) is 12.1 Å². The Hall–Kier alpha value is -2.12. The summed E-state index contributed by atoms with van der Waals surface area (Å²) in [4.78, 5) is 41.9. The van der Waals surface area contributed by atoms with Crippen LogP contribution in [0.2, 0.25) is 0 Å². The molecule has 2 atom stereocenters. The number of nitrogens with one attached hydrogen (secondary N) is 1. The lowest BCUT2D eigenvalue weighted by Gasteiger charge is -2.25. The highest BCUT2D eigenvalue weighted by atomic mass is 16.7.